The number of hydrogen-bond donors (Lipinski definition) is 2. The van der Waals surface area contributed by atoms with Gasteiger partial charge >= 0.3 is 0 Å². The first-order valence-electron chi connectivity index (χ1n) is 12.1. The SMILES string of the molecule is CC(C)n1nc(-c2cncc(C(=O)NC(C)(C)C)c2)c2c1C[C@H](C(=O)NC1(C)CS(=O)(=O)C1)CC2. The van der Waals surface area contributed by atoms with Gasteiger partial charge < -0.3 is 10.6 Å². The molecule has 35 heavy (non-hydrogen) atoms. The molecule has 2 aromatic rings. The average molecular weight is 502 g/mol. The van der Waals surface area contributed by atoms with Crippen LogP contribution in [0.5, 0.6) is 0 Å². The maximum absolute atomic E-state index is 13.0. The summed E-state index contributed by atoms with van der Waals surface area (Å²) >= 11 is 0. The van der Waals surface area contributed by atoms with Crippen molar-refractivity contribution in [2.75, 3.05) is 11.5 Å². The van der Waals surface area contributed by atoms with Crippen LogP contribution in [0.25, 0.3) is 11.3 Å². The molecule has 1 aliphatic heterocycles. The second-order valence-corrected chi connectivity index (χ2v) is 13.6. The minimum absolute atomic E-state index is 0.0100. The van der Waals surface area contributed by atoms with Crippen LogP contribution in [-0.4, -0.2) is 57.6 Å². The van der Waals surface area contributed by atoms with Crippen LogP contribution in [0.1, 0.15) is 75.6 Å². The number of hydrogen-bond acceptors (Lipinski definition) is 6. The second-order valence-electron chi connectivity index (χ2n) is 11.5. The lowest BCUT2D eigenvalue weighted by Gasteiger charge is -2.39. The molecule has 1 saturated heterocycles. The average Bonchev–Trinajstić information content (AvgIpc) is 3.10. The van der Waals surface area contributed by atoms with Crippen LogP contribution in [0.2, 0.25) is 0 Å². The number of sulfone groups is 1. The van der Waals surface area contributed by atoms with E-state index in [-0.39, 0.29) is 40.8 Å². The summed E-state index contributed by atoms with van der Waals surface area (Å²) in [5.74, 6) is -0.555. The van der Waals surface area contributed by atoms with E-state index in [1.54, 1.807) is 19.3 Å². The third-order valence-corrected chi connectivity index (χ3v) is 8.58. The summed E-state index contributed by atoms with van der Waals surface area (Å²) in [5, 5.41) is 10.8. The number of pyridine rings is 1. The van der Waals surface area contributed by atoms with E-state index in [1.165, 1.54) is 0 Å². The fraction of sp³-hybridized carbons (Fsp3) is 0.600. The van der Waals surface area contributed by atoms with Gasteiger partial charge in [0.15, 0.2) is 9.84 Å². The first-order valence-corrected chi connectivity index (χ1v) is 13.9. The maximum atomic E-state index is 13.0. The Hall–Kier alpha value is -2.75. The van der Waals surface area contributed by atoms with Gasteiger partial charge in [-0.1, -0.05) is 0 Å². The van der Waals surface area contributed by atoms with Crippen LogP contribution < -0.4 is 10.6 Å². The molecule has 2 aliphatic rings. The highest BCUT2D eigenvalue weighted by Gasteiger charge is 2.46. The molecule has 1 atom stereocenters. The van der Waals surface area contributed by atoms with Gasteiger partial charge in [-0.2, -0.15) is 5.10 Å². The largest absolute Gasteiger partial charge is 0.349 e. The van der Waals surface area contributed by atoms with Crippen molar-refractivity contribution in [2.24, 2.45) is 5.92 Å². The van der Waals surface area contributed by atoms with E-state index in [4.69, 9.17) is 5.10 Å². The quantitative estimate of drug-likeness (QED) is 0.649. The van der Waals surface area contributed by atoms with E-state index in [2.05, 4.69) is 15.6 Å². The number of amides is 2. The highest BCUT2D eigenvalue weighted by Crippen LogP contribution is 2.35. The molecule has 2 amide bonds. The van der Waals surface area contributed by atoms with E-state index >= 15 is 0 Å². The van der Waals surface area contributed by atoms with Gasteiger partial charge in [0.1, 0.15) is 0 Å². The molecule has 0 saturated carbocycles. The summed E-state index contributed by atoms with van der Waals surface area (Å²) in [6, 6.07) is 1.91. The Kier molecular flexibility index (Phi) is 6.32. The number of nitrogens with zero attached hydrogens (tertiary/aromatic N) is 3. The zero-order valence-corrected chi connectivity index (χ0v) is 22.1. The first kappa shape index (κ1) is 25.3. The lowest BCUT2D eigenvalue weighted by Crippen LogP contribution is -2.64. The zero-order chi connectivity index (χ0) is 25.8. The Bertz CT molecular complexity index is 1260. The minimum Gasteiger partial charge on any atom is -0.349 e. The van der Waals surface area contributed by atoms with Crippen molar-refractivity contribution in [3.8, 4) is 11.3 Å². The molecule has 2 N–H and O–H groups in total. The standard InChI is InChI=1S/C25H35N5O4S/c1-15(2)30-20-10-16(22(31)28-25(6)13-35(33,34)14-25)7-8-19(20)21(29-30)17-9-18(12-26-11-17)23(32)27-24(3,4)5/h9,11-12,15-16H,7-8,10,13-14H2,1-6H3,(H,27,32)(H,28,31)/t16-/m1/s1. The summed E-state index contributed by atoms with van der Waals surface area (Å²) in [6.45, 7) is 11.7. The van der Waals surface area contributed by atoms with Crippen LogP contribution in [0, 0.1) is 5.92 Å². The van der Waals surface area contributed by atoms with Gasteiger partial charge in [0, 0.05) is 53.1 Å². The van der Waals surface area contributed by atoms with Gasteiger partial charge in [0.25, 0.3) is 5.91 Å². The van der Waals surface area contributed by atoms with Crippen LogP contribution in [-0.2, 0) is 27.5 Å². The third kappa shape index (κ3) is 5.42. The van der Waals surface area contributed by atoms with Crippen LogP contribution in [0.3, 0.4) is 0 Å². The summed E-state index contributed by atoms with van der Waals surface area (Å²) in [5.41, 5.74) is 3.09. The highest BCUT2D eigenvalue weighted by molar-refractivity contribution is 7.93. The number of aromatic nitrogens is 3. The number of nitrogens with one attached hydrogen (secondary N) is 2. The van der Waals surface area contributed by atoms with E-state index in [0.717, 1.165) is 22.5 Å². The third-order valence-electron chi connectivity index (χ3n) is 6.43. The van der Waals surface area contributed by atoms with Crippen molar-refractivity contribution in [3.05, 3.63) is 35.3 Å². The van der Waals surface area contributed by atoms with Crippen LogP contribution in [0.4, 0.5) is 0 Å². The summed E-state index contributed by atoms with van der Waals surface area (Å²) in [6.07, 6.45) is 5.13. The molecule has 2 aromatic heterocycles. The fourth-order valence-electron chi connectivity index (χ4n) is 5.03. The Morgan fingerprint density at radius 3 is 2.49 bits per heavy atom. The smallest absolute Gasteiger partial charge is 0.253 e. The number of carbonyl (C=O) groups is 2. The topological polar surface area (TPSA) is 123 Å². The van der Waals surface area contributed by atoms with Gasteiger partial charge in [-0.15, -0.1) is 0 Å². The van der Waals surface area contributed by atoms with Crippen molar-refractivity contribution in [1.29, 1.82) is 0 Å². The molecule has 3 heterocycles. The van der Waals surface area contributed by atoms with Gasteiger partial charge in [-0.05, 0) is 60.5 Å². The molecule has 1 fully saturated rings. The van der Waals surface area contributed by atoms with E-state index in [1.807, 2.05) is 45.4 Å². The lowest BCUT2D eigenvalue weighted by atomic mass is 9.84. The monoisotopic (exact) mass is 501 g/mol. The van der Waals surface area contributed by atoms with Crippen molar-refractivity contribution >= 4 is 21.7 Å². The van der Waals surface area contributed by atoms with Gasteiger partial charge in [-0.25, -0.2) is 8.42 Å². The lowest BCUT2D eigenvalue weighted by molar-refractivity contribution is -0.126. The van der Waals surface area contributed by atoms with Gasteiger partial charge in [0.05, 0.1) is 28.3 Å². The summed E-state index contributed by atoms with van der Waals surface area (Å²) in [7, 11) is -3.04. The predicted octanol–water partition coefficient (Wildman–Crippen LogP) is 2.46. The first-order chi connectivity index (χ1) is 16.2. The normalized spacial score (nSPS) is 20.6. The molecule has 0 radical (unpaired) electrons. The molecule has 10 heteroatoms. The van der Waals surface area contributed by atoms with E-state index in [9.17, 15) is 18.0 Å². The van der Waals surface area contributed by atoms with Crippen molar-refractivity contribution in [2.45, 2.75) is 77.9 Å². The molecule has 0 unspecified atom stereocenters. The van der Waals surface area contributed by atoms with Crippen LogP contribution >= 0.6 is 0 Å². The van der Waals surface area contributed by atoms with Crippen LogP contribution in [0.15, 0.2) is 18.5 Å². The maximum Gasteiger partial charge on any atom is 0.253 e. The molecule has 0 bridgehead atoms. The zero-order valence-electron chi connectivity index (χ0n) is 21.3. The Morgan fingerprint density at radius 1 is 1.20 bits per heavy atom. The molecule has 4 rings (SSSR count). The van der Waals surface area contributed by atoms with Gasteiger partial charge in [-0.3, -0.25) is 19.3 Å². The predicted molar refractivity (Wildman–Crippen MR) is 134 cm³/mol. The molecule has 0 aromatic carbocycles. The Morgan fingerprint density at radius 2 is 1.89 bits per heavy atom. The molecular formula is C25H35N5O4S. The second kappa shape index (κ2) is 8.72. The van der Waals surface area contributed by atoms with Crippen molar-refractivity contribution in [1.82, 2.24) is 25.4 Å². The Balaban J connectivity index is 1.59. The number of carbonyl (C=O) groups excluding carboxylic acids is 2. The number of fused-ring (bicyclic) bond motifs is 1. The molecule has 9 nitrogen and oxygen atoms in total. The van der Waals surface area contributed by atoms with Gasteiger partial charge in [0.2, 0.25) is 5.91 Å². The fourth-order valence-corrected chi connectivity index (χ4v) is 7.03. The van der Waals surface area contributed by atoms with E-state index < -0.39 is 15.4 Å². The van der Waals surface area contributed by atoms with Crippen molar-refractivity contribution in [3.63, 3.8) is 0 Å². The number of rotatable bonds is 5. The highest BCUT2D eigenvalue weighted by atomic mass is 32.2. The van der Waals surface area contributed by atoms with Crippen molar-refractivity contribution < 1.29 is 18.0 Å². The molecule has 190 valence electrons. The molecule has 0 spiro atoms. The Labute approximate surface area is 207 Å². The summed E-state index contributed by atoms with van der Waals surface area (Å²) in [4.78, 5) is 30.0. The minimum atomic E-state index is -3.04. The van der Waals surface area contributed by atoms with E-state index in [0.29, 0.717) is 24.8 Å². The molecule has 1 aliphatic carbocycles. The summed E-state index contributed by atoms with van der Waals surface area (Å²) < 4.78 is 25.2. The molecular weight excluding hydrogens is 466 g/mol.